The molecule has 0 radical (unpaired) electrons. The summed E-state index contributed by atoms with van der Waals surface area (Å²) >= 11 is 0. The highest BCUT2D eigenvalue weighted by Gasteiger charge is 2.37. The van der Waals surface area contributed by atoms with Crippen molar-refractivity contribution in [2.24, 2.45) is 0 Å². The summed E-state index contributed by atoms with van der Waals surface area (Å²) < 4.78 is 12.4. The Morgan fingerprint density at radius 1 is 1.28 bits per heavy atom. The van der Waals surface area contributed by atoms with Crippen LogP contribution >= 0.6 is 0 Å². The first-order chi connectivity index (χ1) is 12.1. The largest absolute Gasteiger partial charge is 0.508 e. The topological polar surface area (TPSA) is 84.5 Å². The summed E-state index contributed by atoms with van der Waals surface area (Å²) in [5.41, 5.74) is 1.23. The van der Waals surface area contributed by atoms with Crippen LogP contribution in [-0.4, -0.2) is 22.8 Å². The zero-order valence-electron chi connectivity index (χ0n) is 13.8. The Kier molecular flexibility index (Phi) is 4.31. The average molecular weight is 336 g/mol. The first kappa shape index (κ1) is 16.4. The third-order valence-corrected chi connectivity index (χ3v) is 4.03. The molecule has 0 bridgehead atoms. The number of aromatic nitrogens is 1. The predicted molar refractivity (Wildman–Crippen MR) is 89.9 cm³/mol. The lowest BCUT2D eigenvalue weighted by atomic mass is 9.83. The summed E-state index contributed by atoms with van der Waals surface area (Å²) in [5.74, 6) is -0.397. The number of carbonyl (C=O) groups is 1. The van der Waals surface area contributed by atoms with Gasteiger partial charge >= 0.3 is 5.97 Å². The van der Waals surface area contributed by atoms with Crippen molar-refractivity contribution in [2.45, 2.75) is 12.8 Å². The number of allylic oxidation sites excluding steroid dienone is 2. The number of benzene rings is 1. The number of carbonyl (C=O) groups excluding carboxylic acids is 1. The second-order valence-electron chi connectivity index (χ2n) is 5.51. The van der Waals surface area contributed by atoms with Crippen molar-refractivity contribution in [3.63, 3.8) is 0 Å². The van der Waals surface area contributed by atoms with Crippen molar-refractivity contribution >= 4 is 11.9 Å². The molecule has 25 heavy (non-hydrogen) atoms. The Balaban J connectivity index is 2.23. The molecule has 1 N–H and O–H groups in total. The van der Waals surface area contributed by atoms with Crippen molar-refractivity contribution in [2.75, 3.05) is 7.11 Å². The van der Waals surface area contributed by atoms with Gasteiger partial charge in [-0.05, 0) is 36.8 Å². The van der Waals surface area contributed by atoms with Crippen LogP contribution in [0.2, 0.25) is 0 Å². The molecule has 0 spiro atoms. The molecule has 0 amide bonds. The van der Waals surface area contributed by atoms with E-state index >= 15 is 0 Å². The predicted octanol–water partition coefficient (Wildman–Crippen LogP) is 3.15. The minimum atomic E-state index is -0.649. The molecular formula is C19H16N2O4. The number of methoxy groups -OCH3 is 1. The Labute approximate surface area is 144 Å². The van der Waals surface area contributed by atoms with E-state index < -0.39 is 11.9 Å². The third kappa shape index (κ3) is 2.88. The SMILES string of the molecule is COC(=O)C1=C(C)OC(n2cccc2)=C(C#N)C1c1ccc(O)cc1. The van der Waals surface area contributed by atoms with Crippen molar-refractivity contribution < 1.29 is 19.4 Å². The Morgan fingerprint density at radius 3 is 2.48 bits per heavy atom. The third-order valence-electron chi connectivity index (χ3n) is 4.03. The first-order valence-corrected chi connectivity index (χ1v) is 7.60. The molecule has 1 aromatic carbocycles. The summed E-state index contributed by atoms with van der Waals surface area (Å²) in [7, 11) is 1.29. The van der Waals surface area contributed by atoms with Crippen molar-refractivity contribution in [1.29, 1.82) is 5.26 Å². The fraction of sp³-hybridized carbons (Fsp3) is 0.158. The molecule has 6 heteroatoms. The number of nitrogens with zero attached hydrogens (tertiary/aromatic N) is 2. The Hall–Kier alpha value is -3.46. The Bertz CT molecular complexity index is 900. The van der Waals surface area contributed by atoms with Gasteiger partial charge in [-0.25, -0.2) is 4.79 Å². The number of aromatic hydroxyl groups is 1. The molecule has 0 fully saturated rings. The second kappa shape index (κ2) is 6.57. The minimum absolute atomic E-state index is 0.101. The molecule has 2 heterocycles. The zero-order valence-corrected chi connectivity index (χ0v) is 13.8. The summed E-state index contributed by atoms with van der Waals surface area (Å²) in [5, 5.41) is 19.3. The van der Waals surface area contributed by atoms with Crippen LogP contribution in [0.4, 0.5) is 0 Å². The van der Waals surface area contributed by atoms with Gasteiger partial charge in [-0.2, -0.15) is 5.26 Å². The molecule has 126 valence electrons. The van der Waals surface area contributed by atoms with Gasteiger partial charge in [-0.3, -0.25) is 4.57 Å². The van der Waals surface area contributed by atoms with E-state index in [-0.39, 0.29) is 16.9 Å². The fourth-order valence-corrected chi connectivity index (χ4v) is 2.87. The molecule has 1 aromatic heterocycles. The van der Waals surface area contributed by atoms with Crippen LogP contribution in [0.25, 0.3) is 5.88 Å². The maximum absolute atomic E-state index is 12.3. The monoisotopic (exact) mass is 336 g/mol. The van der Waals surface area contributed by atoms with Gasteiger partial charge in [-0.15, -0.1) is 0 Å². The van der Waals surface area contributed by atoms with Crippen LogP contribution in [0.1, 0.15) is 18.4 Å². The quantitative estimate of drug-likeness (QED) is 0.871. The van der Waals surface area contributed by atoms with E-state index in [1.165, 1.54) is 19.2 Å². The molecule has 1 aliphatic heterocycles. The highest BCUT2D eigenvalue weighted by atomic mass is 16.5. The number of phenols is 1. The molecule has 1 aliphatic rings. The van der Waals surface area contributed by atoms with Crippen molar-refractivity contribution in [3.8, 4) is 11.8 Å². The van der Waals surface area contributed by atoms with Gasteiger partial charge in [0.05, 0.1) is 18.6 Å². The van der Waals surface area contributed by atoms with Crippen LogP contribution in [0, 0.1) is 11.3 Å². The van der Waals surface area contributed by atoms with Gasteiger partial charge in [0.1, 0.15) is 23.2 Å². The maximum Gasteiger partial charge on any atom is 0.338 e. The highest BCUT2D eigenvalue weighted by Crippen LogP contribution is 2.42. The van der Waals surface area contributed by atoms with Gasteiger partial charge in [0.25, 0.3) is 0 Å². The molecule has 1 unspecified atom stereocenters. The van der Waals surface area contributed by atoms with E-state index in [4.69, 9.17) is 9.47 Å². The number of nitriles is 1. The maximum atomic E-state index is 12.3. The van der Waals surface area contributed by atoms with Gasteiger partial charge in [0.15, 0.2) is 0 Å². The van der Waals surface area contributed by atoms with Crippen LogP contribution in [0.5, 0.6) is 5.75 Å². The number of rotatable bonds is 3. The Morgan fingerprint density at radius 2 is 1.92 bits per heavy atom. The van der Waals surface area contributed by atoms with E-state index in [0.29, 0.717) is 17.2 Å². The molecule has 3 rings (SSSR count). The van der Waals surface area contributed by atoms with Gasteiger partial charge < -0.3 is 14.6 Å². The number of hydrogen-bond acceptors (Lipinski definition) is 5. The van der Waals surface area contributed by atoms with Crippen molar-refractivity contribution in [3.05, 3.63) is 71.3 Å². The van der Waals surface area contributed by atoms with Crippen LogP contribution < -0.4 is 0 Å². The molecule has 0 aliphatic carbocycles. The van der Waals surface area contributed by atoms with Crippen LogP contribution in [0.3, 0.4) is 0 Å². The summed E-state index contributed by atoms with van der Waals surface area (Å²) in [6.45, 7) is 1.66. The van der Waals surface area contributed by atoms with E-state index in [0.717, 1.165) is 0 Å². The van der Waals surface area contributed by atoms with Crippen LogP contribution in [-0.2, 0) is 14.3 Å². The number of esters is 1. The molecule has 0 saturated heterocycles. The fourth-order valence-electron chi connectivity index (χ4n) is 2.87. The normalized spacial score (nSPS) is 17.1. The molecule has 6 nitrogen and oxygen atoms in total. The lowest BCUT2D eigenvalue weighted by Crippen LogP contribution is -2.23. The average Bonchev–Trinajstić information content (AvgIpc) is 3.15. The van der Waals surface area contributed by atoms with E-state index in [2.05, 4.69) is 6.07 Å². The van der Waals surface area contributed by atoms with E-state index in [1.54, 1.807) is 36.0 Å². The standard InChI is InChI=1S/C19H16N2O4/c1-12-16(19(23)24-2)17(13-5-7-14(22)8-6-13)15(11-20)18(25-12)21-9-3-4-10-21/h3-10,17,22H,1-2H3. The zero-order chi connectivity index (χ0) is 18.0. The van der Waals surface area contributed by atoms with Gasteiger partial charge in [0, 0.05) is 12.4 Å². The summed E-state index contributed by atoms with van der Waals surface area (Å²) in [6.07, 6.45) is 3.52. The molecule has 1 atom stereocenters. The molecular weight excluding hydrogens is 320 g/mol. The van der Waals surface area contributed by atoms with Crippen LogP contribution in [0.15, 0.2) is 65.7 Å². The number of hydrogen-bond donors (Lipinski definition) is 1. The lowest BCUT2D eigenvalue weighted by molar-refractivity contribution is -0.136. The number of ether oxygens (including phenoxy) is 2. The van der Waals surface area contributed by atoms with Gasteiger partial charge in [-0.1, -0.05) is 12.1 Å². The summed E-state index contributed by atoms with van der Waals surface area (Å²) in [6, 6.07) is 12.2. The second-order valence-corrected chi connectivity index (χ2v) is 5.51. The van der Waals surface area contributed by atoms with Crippen molar-refractivity contribution in [1.82, 2.24) is 4.57 Å². The molecule has 2 aromatic rings. The lowest BCUT2D eigenvalue weighted by Gasteiger charge is -2.28. The summed E-state index contributed by atoms with van der Waals surface area (Å²) in [4.78, 5) is 12.3. The minimum Gasteiger partial charge on any atom is -0.508 e. The van der Waals surface area contributed by atoms with E-state index in [1.807, 2.05) is 12.1 Å². The smallest absolute Gasteiger partial charge is 0.338 e. The first-order valence-electron chi connectivity index (χ1n) is 7.60. The number of phenolic OH excluding ortho intramolecular Hbond substituents is 1. The highest BCUT2D eigenvalue weighted by molar-refractivity contribution is 5.93. The van der Waals surface area contributed by atoms with Gasteiger partial charge in [0.2, 0.25) is 5.88 Å². The van der Waals surface area contributed by atoms with E-state index in [9.17, 15) is 15.2 Å². The molecule has 0 saturated carbocycles.